The fraction of sp³-hybridized carbons (Fsp3) is 0.364. The number of thiazole rings is 1. The third-order valence-corrected chi connectivity index (χ3v) is 7.67. The maximum Gasteiger partial charge on any atom is 0.348 e. The van der Waals surface area contributed by atoms with Crippen molar-refractivity contribution in [1.82, 2.24) is 4.98 Å². The number of esters is 2. The first-order valence-electron chi connectivity index (χ1n) is 10.3. The lowest BCUT2D eigenvalue weighted by Crippen LogP contribution is -2.16. The van der Waals surface area contributed by atoms with Gasteiger partial charge in [-0.15, -0.1) is 22.7 Å². The largest absolute Gasteiger partial charge is 0.494 e. The van der Waals surface area contributed by atoms with E-state index in [1.807, 2.05) is 25.1 Å². The minimum absolute atomic E-state index is 0.0894. The number of aromatic nitrogens is 1. The Morgan fingerprint density at radius 3 is 2.45 bits per heavy atom. The van der Waals surface area contributed by atoms with Gasteiger partial charge in [0, 0.05) is 0 Å². The predicted molar refractivity (Wildman–Crippen MR) is 131 cm³/mol. The van der Waals surface area contributed by atoms with Gasteiger partial charge in [0.15, 0.2) is 4.34 Å². The van der Waals surface area contributed by atoms with Gasteiger partial charge in [0.2, 0.25) is 5.91 Å². The molecule has 0 aliphatic heterocycles. The average molecular weight is 509 g/mol. The van der Waals surface area contributed by atoms with Crippen molar-refractivity contribution >= 4 is 67.5 Å². The summed E-state index contributed by atoms with van der Waals surface area (Å²) in [5.41, 5.74) is 1.44. The molecule has 0 spiro atoms. The van der Waals surface area contributed by atoms with Crippen LogP contribution in [0.1, 0.15) is 46.4 Å². The lowest BCUT2D eigenvalue weighted by Gasteiger charge is -2.06. The quantitative estimate of drug-likeness (QED) is 0.296. The third-order valence-electron chi connectivity index (χ3n) is 4.32. The van der Waals surface area contributed by atoms with Gasteiger partial charge in [-0.3, -0.25) is 4.79 Å². The molecule has 1 N–H and O–H groups in total. The molecule has 0 atom stereocenters. The smallest absolute Gasteiger partial charge is 0.348 e. The van der Waals surface area contributed by atoms with E-state index in [4.69, 9.17) is 14.2 Å². The Morgan fingerprint density at radius 1 is 1.03 bits per heavy atom. The number of thiophene rings is 1. The maximum atomic E-state index is 12.7. The maximum absolute atomic E-state index is 12.7. The molecule has 0 saturated carbocycles. The predicted octanol–water partition coefficient (Wildman–Crippen LogP) is 5.15. The van der Waals surface area contributed by atoms with E-state index in [1.54, 1.807) is 20.8 Å². The van der Waals surface area contributed by atoms with Crippen LogP contribution in [-0.4, -0.2) is 48.4 Å². The van der Waals surface area contributed by atoms with Crippen LogP contribution in [0.3, 0.4) is 0 Å². The lowest BCUT2D eigenvalue weighted by atomic mass is 10.1. The number of hydrogen-bond acceptors (Lipinski definition) is 10. The number of amides is 1. The number of carbonyl (C=O) groups excluding carboxylic acids is 3. The SMILES string of the molecule is CCOC(=O)c1sc(NC(=O)CSc2nc3ccc(OCC)cc3s2)c(C(=O)OCC)c1C. The zero-order chi connectivity index (χ0) is 24.0. The lowest BCUT2D eigenvalue weighted by molar-refractivity contribution is -0.113. The van der Waals surface area contributed by atoms with Crippen LogP contribution in [0.15, 0.2) is 22.5 Å². The standard InChI is InChI=1S/C22H24N2O6S3/c1-5-28-13-8-9-14-15(10-13)32-22(23-14)31-11-16(25)24-19-17(20(26)29-6-2)12(4)18(33-19)21(27)30-7-3/h8-10H,5-7,11H2,1-4H3,(H,24,25). The molecule has 0 unspecified atom stereocenters. The summed E-state index contributed by atoms with van der Waals surface area (Å²) in [4.78, 5) is 42.2. The number of fused-ring (bicyclic) bond motifs is 1. The van der Waals surface area contributed by atoms with E-state index in [0.717, 1.165) is 31.6 Å². The van der Waals surface area contributed by atoms with E-state index in [9.17, 15) is 14.4 Å². The van der Waals surface area contributed by atoms with Gasteiger partial charge in [-0.25, -0.2) is 14.6 Å². The second-order valence-corrected chi connectivity index (χ2v) is 9.85. The highest BCUT2D eigenvalue weighted by atomic mass is 32.2. The van der Waals surface area contributed by atoms with Gasteiger partial charge in [-0.1, -0.05) is 11.8 Å². The second-order valence-electron chi connectivity index (χ2n) is 6.58. The summed E-state index contributed by atoms with van der Waals surface area (Å²) in [6, 6.07) is 5.68. The number of nitrogens with zero attached hydrogens (tertiary/aromatic N) is 1. The molecule has 1 amide bonds. The molecule has 0 bridgehead atoms. The van der Waals surface area contributed by atoms with Gasteiger partial charge in [0.1, 0.15) is 15.6 Å². The van der Waals surface area contributed by atoms with E-state index < -0.39 is 11.9 Å². The first kappa shape index (κ1) is 25.0. The molecule has 0 radical (unpaired) electrons. The van der Waals surface area contributed by atoms with E-state index in [-0.39, 0.29) is 40.3 Å². The van der Waals surface area contributed by atoms with E-state index >= 15 is 0 Å². The summed E-state index contributed by atoms with van der Waals surface area (Å²) in [7, 11) is 0. The number of thioether (sulfide) groups is 1. The van der Waals surface area contributed by atoms with Crippen molar-refractivity contribution in [3.63, 3.8) is 0 Å². The van der Waals surface area contributed by atoms with Crippen LogP contribution in [0.4, 0.5) is 5.00 Å². The van der Waals surface area contributed by atoms with Crippen molar-refractivity contribution in [2.45, 2.75) is 32.0 Å². The zero-order valence-electron chi connectivity index (χ0n) is 18.7. The Labute approximate surface area is 203 Å². The van der Waals surface area contributed by atoms with Crippen molar-refractivity contribution in [2.24, 2.45) is 0 Å². The van der Waals surface area contributed by atoms with Crippen LogP contribution < -0.4 is 10.1 Å². The van der Waals surface area contributed by atoms with Crippen LogP contribution in [0.5, 0.6) is 5.75 Å². The number of rotatable bonds is 10. The fourth-order valence-corrected chi connectivity index (χ4v) is 5.94. The summed E-state index contributed by atoms with van der Waals surface area (Å²) in [6.07, 6.45) is 0. The summed E-state index contributed by atoms with van der Waals surface area (Å²) in [5.74, 6) is -0.592. The molecule has 33 heavy (non-hydrogen) atoms. The molecule has 176 valence electrons. The second kappa shape index (κ2) is 11.5. The molecule has 0 saturated heterocycles. The summed E-state index contributed by atoms with van der Waals surface area (Å²) < 4.78 is 17.4. The molecule has 8 nitrogen and oxygen atoms in total. The monoisotopic (exact) mass is 508 g/mol. The van der Waals surface area contributed by atoms with Gasteiger partial charge in [-0.2, -0.15) is 0 Å². The Hall–Kier alpha value is -2.63. The highest BCUT2D eigenvalue weighted by molar-refractivity contribution is 8.01. The Morgan fingerprint density at radius 2 is 1.76 bits per heavy atom. The topological polar surface area (TPSA) is 104 Å². The van der Waals surface area contributed by atoms with Crippen LogP contribution in [-0.2, 0) is 14.3 Å². The Bertz CT molecular complexity index is 1170. The molecule has 2 aromatic heterocycles. The highest BCUT2D eigenvalue weighted by Crippen LogP contribution is 2.35. The summed E-state index contributed by atoms with van der Waals surface area (Å²) in [6.45, 7) is 7.92. The number of benzene rings is 1. The van der Waals surface area contributed by atoms with Crippen molar-refractivity contribution in [1.29, 1.82) is 0 Å². The van der Waals surface area contributed by atoms with Gasteiger partial charge >= 0.3 is 11.9 Å². The first-order chi connectivity index (χ1) is 15.9. The minimum atomic E-state index is -0.596. The van der Waals surface area contributed by atoms with Gasteiger partial charge < -0.3 is 19.5 Å². The van der Waals surface area contributed by atoms with Crippen LogP contribution in [0, 0.1) is 6.92 Å². The molecule has 3 rings (SSSR count). The number of hydrogen-bond donors (Lipinski definition) is 1. The molecule has 0 aliphatic rings. The molecular formula is C22H24N2O6S3. The van der Waals surface area contributed by atoms with Gasteiger partial charge in [0.05, 0.1) is 41.4 Å². The van der Waals surface area contributed by atoms with Crippen LogP contribution in [0.2, 0.25) is 0 Å². The van der Waals surface area contributed by atoms with Crippen molar-refractivity contribution in [3.05, 3.63) is 34.2 Å². The molecular weight excluding hydrogens is 484 g/mol. The zero-order valence-corrected chi connectivity index (χ0v) is 21.1. The molecule has 0 aliphatic carbocycles. The number of nitrogens with one attached hydrogen (secondary N) is 1. The molecule has 1 aromatic carbocycles. The summed E-state index contributed by atoms with van der Waals surface area (Å²) >= 11 is 3.77. The molecule has 0 fully saturated rings. The average Bonchev–Trinajstić information content (AvgIpc) is 3.33. The Balaban J connectivity index is 1.73. The number of anilines is 1. The first-order valence-corrected chi connectivity index (χ1v) is 12.9. The van der Waals surface area contributed by atoms with Crippen molar-refractivity contribution in [2.75, 3.05) is 30.9 Å². The normalized spacial score (nSPS) is 10.8. The Kier molecular flexibility index (Phi) is 8.70. The fourth-order valence-electron chi connectivity index (χ4n) is 2.93. The summed E-state index contributed by atoms with van der Waals surface area (Å²) in [5, 5.41) is 3.01. The van der Waals surface area contributed by atoms with E-state index in [2.05, 4.69) is 10.3 Å². The van der Waals surface area contributed by atoms with Gasteiger partial charge in [0.25, 0.3) is 0 Å². The number of ether oxygens (including phenoxy) is 3. The molecule has 2 heterocycles. The third kappa shape index (κ3) is 6.04. The van der Waals surface area contributed by atoms with E-state index in [0.29, 0.717) is 12.2 Å². The van der Waals surface area contributed by atoms with Crippen molar-refractivity contribution < 1.29 is 28.6 Å². The van der Waals surface area contributed by atoms with Crippen LogP contribution in [0.25, 0.3) is 10.2 Å². The number of carbonyl (C=O) groups is 3. The van der Waals surface area contributed by atoms with Crippen molar-refractivity contribution in [3.8, 4) is 5.75 Å². The molecule has 3 aromatic rings. The minimum Gasteiger partial charge on any atom is -0.494 e. The van der Waals surface area contributed by atoms with Crippen LogP contribution >= 0.6 is 34.4 Å². The van der Waals surface area contributed by atoms with E-state index in [1.165, 1.54) is 23.1 Å². The molecule has 11 heteroatoms. The highest BCUT2D eigenvalue weighted by Gasteiger charge is 2.27. The van der Waals surface area contributed by atoms with Gasteiger partial charge in [-0.05, 0) is 51.5 Å².